The van der Waals surface area contributed by atoms with Crippen LogP contribution in [-0.2, 0) is 17.8 Å². The third-order valence-corrected chi connectivity index (χ3v) is 3.15. The Morgan fingerprint density at radius 1 is 1.59 bits per heavy atom. The molecule has 2 heterocycles. The van der Waals surface area contributed by atoms with Gasteiger partial charge in [-0.1, -0.05) is 6.92 Å². The zero-order chi connectivity index (χ0) is 11.9. The number of nitrogens with one attached hydrogen (secondary N) is 1. The van der Waals surface area contributed by atoms with Crippen LogP contribution >= 0.6 is 0 Å². The predicted molar refractivity (Wildman–Crippen MR) is 67.8 cm³/mol. The van der Waals surface area contributed by atoms with Crippen molar-refractivity contribution in [3.8, 4) is 0 Å². The Morgan fingerprint density at radius 2 is 2.53 bits per heavy atom. The highest BCUT2D eigenvalue weighted by Gasteiger charge is 2.15. The van der Waals surface area contributed by atoms with Gasteiger partial charge in [0, 0.05) is 31.5 Å². The lowest BCUT2D eigenvalue weighted by Crippen LogP contribution is -2.13. The van der Waals surface area contributed by atoms with E-state index < -0.39 is 0 Å². The summed E-state index contributed by atoms with van der Waals surface area (Å²) in [7, 11) is 0. The maximum atomic E-state index is 5.61. The molecule has 1 aromatic heterocycles. The molecule has 4 nitrogen and oxygen atoms in total. The average molecular weight is 237 g/mol. The maximum absolute atomic E-state index is 5.61. The molecule has 1 aliphatic heterocycles. The Morgan fingerprint density at radius 3 is 3.29 bits per heavy atom. The Hall–Kier alpha value is -0.870. The molecule has 1 atom stereocenters. The van der Waals surface area contributed by atoms with E-state index in [9.17, 15) is 0 Å². The third kappa shape index (κ3) is 4.13. The molecule has 1 saturated heterocycles. The quantitative estimate of drug-likeness (QED) is 0.737. The van der Waals surface area contributed by atoms with Crippen LogP contribution in [0.25, 0.3) is 0 Å². The molecule has 0 saturated carbocycles. The minimum Gasteiger partial charge on any atom is -0.378 e. The Bertz CT molecular complexity index is 318. The second kappa shape index (κ2) is 6.77. The molecule has 0 aliphatic carbocycles. The Kier molecular flexibility index (Phi) is 5.01. The maximum Gasteiger partial charge on any atom is 0.0593 e. The van der Waals surface area contributed by atoms with Gasteiger partial charge in [0.05, 0.1) is 12.3 Å². The zero-order valence-electron chi connectivity index (χ0n) is 10.7. The van der Waals surface area contributed by atoms with Crippen LogP contribution in [0, 0.1) is 0 Å². The van der Waals surface area contributed by atoms with Crippen molar-refractivity contribution < 1.29 is 4.74 Å². The van der Waals surface area contributed by atoms with Crippen molar-refractivity contribution in [2.45, 2.75) is 51.8 Å². The van der Waals surface area contributed by atoms with E-state index in [0.717, 1.165) is 32.7 Å². The molecule has 17 heavy (non-hydrogen) atoms. The standard InChI is InChI=1S/C13H23N3O/c1-2-6-14-9-12-10-15-16(11-12)7-5-13-4-3-8-17-13/h10-11,13-14H,2-9H2,1H3. The first kappa shape index (κ1) is 12.6. The van der Waals surface area contributed by atoms with Gasteiger partial charge in [0.15, 0.2) is 0 Å². The molecule has 1 aliphatic rings. The summed E-state index contributed by atoms with van der Waals surface area (Å²) in [5.74, 6) is 0. The van der Waals surface area contributed by atoms with Gasteiger partial charge in [-0.3, -0.25) is 4.68 Å². The molecule has 2 rings (SSSR count). The van der Waals surface area contributed by atoms with Crippen molar-refractivity contribution in [1.29, 1.82) is 0 Å². The van der Waals surface area contributed by atoms with E-state index in [-0.39, 0.29) is 0 Å². The van der Waals surface area contributed by atoms with E-state index in [2.05, 4.69) is 23.5 Å². The second-order valence-electron chi connectivity index (χ2n) is 4.71. The Labute approximate surface area is 103 Å². The first-order chi connectivity index (χ1) is 8.38. The molecule has 1 aromatic rings. The molecule has 96 valence electrons. The van der Waals surface area contributed by atoms with Crippen LogP contribution in [0.15, 0.2) is 12.4 Å². The normalized spacial score (nSPS) is 19.9. The van der Waals surface area contributed by atoms with Crippen LogP contribution < -0.4 is 5.32 Å². The summed E-state index contributed by atoms with van der Waals surface area (Å²) in [6, 6.07) is 0. The Balaban J connectivity index is 1.69. The van der Waals surface area contributed by atoms with Gasteiger partial charge in [0.1, 0.15) is 0 Å². The minimum absolute atomic E-state index is 0.459. The van der Waals surface area contributed by atoms with E-state index in [1.54, 1.807) is 0 Å². The highest BCUT2D eigenvalue weighted by atomic mass is 16.5. The van der Waals surface area contributed by atoms with E-state index >= 15 is 0 Å². The van der Waals surface area contributed by atoms with E-state index in [1.165, 1.54) is 24.8 Å². The monoisotopic (exact) mass is 237 g/mol. The number of rotatable bonds is 7. The number of aryl methyl sites for hydroxylation is 1. The number of aromatic nitrogens is 2. The van der Waals surface area contributed by atoms with Crippen LogP contribution in [0.1, 0.15) is 38.2 Å². The van der Waals surface area contributed by atoms with Crippen molar-refractivity contribution >= 4 is 0 Å². The van der Waals surface area contributed by atoms with E-state index in [1.807, 2.05) is 10.9 Å². The SMILES string of the molecule is CCCNCc1cnn(CCC2CCCO2)c1. The van der Waals surface area contributed by atoms with Crippen molar-refractivity contribution in [1.82, 2.24) is 15.1 Å². The molecular formula is C13H23N3O. The van der Waals surface area contributed by atoms with Crippen LogP contribution in [0.2, 0.25) is 0 Å². The van der Waals surface area contributed by atoms with Gasteiger partial charge >= 0.3 is 0 Å². The van der Waals surface area contributed by atoms with E-state index in [4.69, 9.17) is 4.74 Å². The fourth-order valence-electron chi connectivity index (χ4n) is 2.18. The number of hydrogen-bond donors (Lipinski definition) is 1. The lowest BCUT2D eigenvalue weighted by atomic mass is 10.2. The van der Waals surface area contributed by atoms with Crippen LogP contribution in [0.5, 0.6) is 0 Å². The van der Waals surface area contributed by atoms with Crippen molar-refractivity contribution in [2.75, 3.05) is 13.2 Å². The third-order valence-electron chi connectivity index (χ3n) is 3.15. The van der Waals surface area contributed by atoms with Crippen LogP contribution in [0.4, 0.5) is 0 Å². The van der Waals surface area contributed by atoms with E-state index in [0.29, 0.717) is 6.10 Å². The van der Waals surface area contributed by atoms with Gasteiger partial charge in [-0.25, -0.2) is 0 Å². The molecule has 0 amide bonds. The van der Waals surface area contributed by atoms with Gasteiger partial charge in [-0.15, -0.1) is 0 Å². The molecule has 1 unspecified atom stereocenters. The summed E-state index contributed by atoms with van der Waals surface area (Å²) in [5.41, 5.74) is 1.27. The molecule has 0 spiro atoms. The first-order valence-electron chi connectivity index (χ1n) is 6.72. The summed E-state index contributed by atoms with van der Waals surface area (Å²) < 4.78 is 7.64. The van der Waals surface area contributed by atoms with Crippen molar-refractivity contribution in [3.05, 3.63) is 18.0 Å². The van der Waals surface area contributed by atoms with Gasteiger partial charge in [-0.2, -0.15) is 5.10 Å². The first-order valence-corrected chi connectivity index (χ1v) is 6.72. The molecule has 1 N–H and O–H groups in total. The largest absolute Gasteiger partial charge is 0.378 e. The summed E-state index contributed by atoms with van der Waals surface area (Å²) in [6.07, 6.45) is 9.25. The number of hydrogen-bond acceptors (Lipinski definition) is 3. The minimum atomic E-state index is 0.459. The van der Waals surface area contributed by atoms with Crippen LogP contribution in [0.3, 0.4) is 0 Å². The fourth-order valence-corrected chi connectivity index (χ4v) is 2.18. The lowest BCUT2D eigenvalue weighted by Gasteiger charge is -2.08. The highest BCUT2D eigenvalue weighted by molar-refractivity contribution is 5.03. The molecule has 0 aromatic carbocycles. The van der Waals surface area contributed by atoms with Gasteiger partial charge in [0.2, 0.25) is 0 Å². The molecular weight excluding hydrogens is 214 g/mol. The van der Waals surface area contributed by atoms with Gasteiger partial charge in [-0.05, 0) is 32.2 Å². The smallest absolute Gasteiger partial charge is 0.0593 e. The van der Waals surface area contributed by atoms with Crippen molar-refractivity contribution in [2.24, 2.45) is 0 Å². The lowest BCUT2D eigenvalue weighted by molar-refractivity contribution is 0.0994. The summed E-state index contributed by atoms with van der Waals surface area (Å²) in [4.78, 5) is 0. The molecule has 0 radical (unpaired) electrons. The zero-order valence-corrected chi connectivity index (χ0v) is 10.7. The topological polar surface area (TPSA) is 39.1 Å². The number of nitrogens with zero attached hydrogens (tertiary/aromatic N) is 2. The summed E-state index contributed by atoms with van der Waals surface area (Å²) in [6.45, 7) is 6.08. The fraction of sp³-hybridized carbons (Fsp3) is 0.769. The highest BCUT2D eigenvalue weighted by Crippen LogP contribution is 2.15. The summed E-state index contributed by atoms with van der Waals surface area (Å²) >= 11 is 0. The molecule has 4 heteroatoms. The van der Waals surface area contributed by atoms with Crippen LogP contribution in [-0.4, -0.2) is 29.0 Å². The number of ether oxygens (including phenoxy) is 1. The average Bonchev–Trinajstić information content (AvgIpc) is 2.98. The van der Waals surface area contributed by atoms with Gasteiger partial charge < -0.3 is 10.1 Å². The predicted octanol–water partition coefficient (Wildman–Crippen LogP) is 1.95. The summed E-state index contributed by atoms with van der Waals surface area (Å²) in [5, 5.41) is 7.76. The molecule has 1 fully saturated rings. The van der Waals surface area contributed by atoms with Crippen molar-refractivity contribution in [3.63, 3.8) is 0 Å². The van der Waals surface area contributed by atoms with Gasteiger partial charge in [0.25, 0.3) is 0 Å². The second-order valence-corrected chi connectivity index (χ2v) is 4.71. The molecule has 0 bridgehead atoms.